The molecule has 6 heteroatoms. The third-order valence-electron chi connectivity index (χ3n) is 5.28. The van der Waals surface area contributed by atoms with Crippen molar-refractivity contribution in [3.05, 3.63) is 16.0 Å². The largest absolute Gasteiger partial charge is 0.459 e. The molecule has 1 aliphatic heterocycles. The number of piperidine rings is 1. The number of anilines is 1. The summed E-state index contributed by atoms with van der Waals surface area (Å²) in [7, 11) is 0. The third-order valence-corrected chi connectivity index (χ3v) is 6.49. The van der Waals surface area contributed by atoms with Crippen LogP contribution in [-0.2, 0) is 22.4 Å². The Morgan fingerprint density at radius 2 is 1.85 bits per heavy atom. The predicted octanol–water partition coefficient (Wildman–Crippen LogP) is 4.11. The second kappa shape index (κ2) is 8.74. The first-order valence-corrected chi connectivity index (χ1v) is 11.0. The topological polar surface area (TPSA) is 58.6 Å². The molecule has 0 saturated carbocycles. The molecular weight excluding hydrogens is 360 g/mol. The number of fused-ring (bicyclic) bond motifs is 1. The molecule has 2 atom stereocenters. The lowest BCUT2D eigenvalue weighted by atomic mass is 9.92. The molecule has 1 amide bonds. The van der Waals surface area contributed by atoms with E-state index in [0.29, 0.717) is 28.9 Å². The zero-order valence-corrected chi connectivity index (χ0v) is 17.8. The Labute approximate surface area is 166 Å². The number of aryl methyl sites for hydroxylation is 1. The molecule has 1 N–H and O–H groups in total. The summed E-state index contributed by atoms with van der Waals surface area (Å²) in [6.45, 7) is 10.5. The summed E-state index contributed by atoms with van der Waals surface area (Å²) in [5, 5.41) is 3.71. The number of hydrogen-bond donors (Lipinski definition) is 1. The average molecular weight is 393 g/mol. The van der Waals surface area contributed by atoms with Gasteiger partial charge in [-0.2, -0.15) is 0 Å². The van der Waals surface area contributed by atoms with E-state index in [0.717, 1.165) is 44.3 Å². The zero-order chi connectivity index (χ0) is 19.6. The van der Waals surface area contributed by atoms with Crippen LogP contribution >= 0.6 is 11.3 Å². The molecule has 2 aliphatic rings. The molecule has 0 bridgehead atoms. The van der Waals surface area contributed by atoms with Gasteiger partial charge in [0.05, 0.1) is 18.2 Å². The molecule has 5 nitrogen and oxygen atoms in total. The van der Waals surface area contributed by atoms with E-state index in [1.54, 1.807) is 11.3 Å². The Bertz CT molecular complexity index is 688. The number of ether oxygens (including phenoxy) is 1. The van der Waals surface area contributed by atoms with Crippen LogP contribution in [0.5, 0.6) is 0 Å². The number of thiophene rings is 1. The quantitative estimate of drug-likeness (QED) is 0.766. The third kappa shape index (κ3) is 5.11. The number of esters is 1. The van der Waals surface area contributed by atoms with Crippen LogP contribution in [0.1, 0.15) is 67.8 Å². The van der Waals surface area contributed by atoms with Gasteiger partial charge in [-0.3, -0.25) is 9.69 Å². The minimum atomic E-state index is -0.306. The Morgan fingerprint density at radius 1 is 1.19 bits per heavy atom. The molecule has 3 rings (SSSR count). The van der Waals surface area contributed by atoms with E-state index in [-0.39, 0.29) is 18.0 Å². The first-order chi connectivity index (χ1) is 12.8. The van der Waals surface area contributed by atoms with Crippen LogP contribution in [0.2, 0.25) is 0 Å². The molecule has 150 valence electrons. The molecule has 1 aromatic rings. The maximum atomic E-state index is 12.7. The summed E-state index contributed by atoms with van der Waals surface area (Å²) in [6, 6.07) is 0. The highest BCUT2D eigenvalue weighted by atomic mass is 32.1. The standard InChI is InChI=1S/C21H32N2O3S/c1-13(2)26-21(25)19-16-7-5-6-8-17(16)27-20(19)22-18(24)12-23-10-14(3)9-15(4)11-23/h13-15H,5-12H2,1-4H3,(H,22,24). The molecule has 0 aromatic carbocycles. The monoisotopic (exact) mass is 392 g/mol. The minimum absolute atomic E-state index is 0.0338. The lowest BCUT2D eigenvalue weighted by molar-refractivity contribution is -0.117. The molecule has 0 radical (unpaired) electrons. The first kappa shape index (κ1) is 20.3. The molecule has 1 aliphatic carbocycles. The fourth-order valence-corrected chi connectivity index (χ4v) is 5.73. The van der Waals surface area contributed by atoms with Crippen LogP contribution in [0.25, 0.3) is 0 Å². The van der Waals surface area contributed by atoms with Gasteiger partial charge in [-0.1, -0.05) is 13.8 Å². The van der Waals surface area contributed by atoms with Gasteiger partial charge in [0.15, 0.2) is 0 Å². The summed E-state index contributed by atoms with van der Waals surface area (Å²) in [5.41, 5.74) is 1.68. The van der Waals surface area contributed by atoms with E-state index in [1.807, 2.05) is 13.8 Å². The van der Waals surface area contributed by atoms with E-state index >= 15 is 0 Å². The second-order valence-corrected chi connectivity index (χ2v) is 9.66. The highest BCUT2D eigenvalue weighted by Crippen LogP contribution is 2.38. The van der Waals surface area contributed by atoms with Crippen molar-refractivity contribution in [2.75, 3.05) is 25.0 Å². The Balaban J connectivity index is 1.74. The highest BCUT2D eigenvalue weighted by molar-refractivity contribution is 7.17. The molecule has 1 saturated heterocycles. The number of rotatable bonds is 5. The van der Waals surface area contributed by atoms with Crippen molar-refractivity contribution in [2.24, 2.45) is 11.8 Å². The number of carbonyl (C=O) groups excluding carboxylic acids is 2. The van der Waals surface area contributed by atoms with Gasteiger partial charge < -0.3 is 10.1 Å². The van der Waals surface area contributed by atoms with Crippen molar-refractivity contribution in [1.82, 2.24) is 4.90 Å². The molecule has 2 heterocycles. The SMILES string of the molecule is CC1CC(C)CN(CC(=O)Nc2sc3c(c2C(=O)OC(C)C)CCCC3)C1. The Morgan fingerprint density at radius 3 is 2.52 bits per heavy atom. The normalized spacial score (nSPS) is 23.1. The molecule has 1 aromatic heterocycles. The smallest absolute Gasteiger partial charge is 0.341 e. The van der Waals surface area contributed by atoms with Crippen LogP contribution in [-0.4, -0.2) is 42.5 Å². The highest BCUT2D eigenvalue weighted by Gasteiger charge is 2.29. The van der Waals surface area contributed by atoms with Gasteiger partial charge in [-0.05, 0) is 63.4 Å². The van der Waals surface area contributed by atoms with E-state index in [2.05, 4.69) is 24.1 Å². The van der Waals surface area contributed by atoms with Gasteiger partial charge in [0.2, 0.25) is 5.91 Å². The van der Waals surface area contributed by atoms with Crippen molar-refractivity contribution in [3.63, 3.8) is 0 Å². The number of carbonyl (C=O) groups is 2. The van der Waals surface area contributed by atoms with Gasteiger partial charge in [-0.25, -0.2) is 4.79 Å². The summed E-state index contributed by atoms with van der Waals surface area (Å²) < 4.78 is 5.47. The van der Waals surface area contributed by atoms with E-state index in [4.69, 9.17) is 4.74 Å². The summed E-state index contributed by atoms with van der Waals surface area (Å²) >= 11 is 1.56. The second-order valence-electron chi connectivity index (χ2n) is 8.56. The number of likely N-dealkylation sites (tertiary alicyclic amines) is 1. The van der Waals surface area contributed by atoms with Gasteiger partial charge in [0.1, 0.15) is 5.00 Å². The predicted molar refractivity (Wildman–Crippen MR) is 110 cm³/mol. The van der Waals surface area contributed by atoms with Crippen LogP contribution in [0, 0.1) is 11.8 Å². The van der Waals surface area contributed by atoms with Gasteiger partial charge in [0, 0.05) is 18.0 Å². The minimum Gasteiger partial charge on any atom is -0.459 e. The van der Waals surface area contributed by atoms with Crippen LogP contribution < -0.4 is 5.32 Å². The van der Waals surface area contributed by atoms with Gasteiger partial charge in [0.25, 0.3) is 0 Å². The average Bonchev–Trinajstić information content (AvgIpc) is 2.90. The number of hydrogen-bond acceptors (Lipinski definition) is 5. The molecule has 2 unspecified atom stereocenters. The Kier molecular flexibility index (Phi) is 6.58. The fraction of sp³-hybridized carbons (Fsp3) is 0.714. The molecule has 1 fully saturated rings. The fourth-order valence-electron chi connectivity index (χ4n) is 4.43. The lowest BCUT2D eigenvalue weighted by Crippen LogP contribution is -2.42. The molecule has 0 spiro atoms. The van der Waals surface area contributed by atoms with Gasteiger partial charge in [-0.15, -0.1) is 11.3 Å². The first-order valence-electron chi connectivity index (χ1n) is 10.2. The van der Waals surface area contributed by atoms with E-state index in [1.165, 1.54) is 11.3 Å². The van der Waals surface area contributed by atoms with Crippen LogP contribution in [0.15, 0.2) is 0 Å². The van der Waals surface area contributed by atoms with Crippen LogP contribution in [0.4, 0.5) is 5.00 Å². The summed E-state index contributed by atoms with van der Waals surface area (Å²) in [6.07, 6.45) is 5.16. The summed E-state index contributed by atoms with van der Waals surface area (Å²) in [5.74, 6) is 0.896. The maximum Gasteiger partial charge on any atom is 0.341 e. The van der Waals surface area contributed by atoms with Crippen molar-refractivity contribution in [3.8, 4) is 0 Å². The van der Waals surface area contributed by atoms with Crippen molar-refractivity contribution < 1.29 is 14.3 Å². The lowest BCUT2D eigenvalue weighted by Gasteiger charge is -2.34. The molecule has 27 heavy (non-hydrogen) atoms. The number of nitrogens with zero attached hydrogens (tertiary/aromatic N) is 1. The zero-order valence-electron chi connectivity index (χ0n) is 17.0. The van der Waals surface area contributed by atoms with E-state index < -0.39 is 0 Å². The molecular formula is C21H32N2O3S. The number of amides is 1. The van der Waals surface area contributed by atoms with Crippen molar-refractivity contribution in [2.45, 2.75) is 65.9 Å². The van der Waals surface area contributed by atoms with E-state index in [9.17, 15) is 9.59 Å². The maximum absolute atomic E-state index is 12.7. The summed E-state index contributed by atoms with van der Waals surface area (Å²) in [4.78, 5) is 28.9. The van der Waals surface area contributed by atoms with Gasteiger partial charge >= 0.3 is 5.97 Å². The van der Waals surface area contributed by atoms with Crippen molar-refractivity contribution >= 4 is 28.2 Å². The van der Waals surface area contributed by atoms with Crippen LogP contribution in [0.3, 0.4) is 0 Å². The van der Waals surface area contributed by atoms with Crippen molar-refractivity contribution in [1.29, 1.82) is 0 Å². The number of nitrogens with one attached hydrogen (secondary N) is 1. The Hall–Kier alpha value is -1.40.